The normalized spacial score (nSPS) is 11.9. The van der Waals surface area contributed by atoms with Crippen molar-refractivity contribution in [2.45, 2.75) is 46.6 Å². The Morgan fingerprint density at radius 3 is 2.19 bits per heavy atom. The van der Waals surface area contributed by atoms with E-state index < -0.39 is 0 Å². The summed E-state index contributed by atoms with van der Waals surface area (Å²) in [6.45, 7) is 8.03. The molecule has 1 unspecified atom stereocenters. The number of benzene rings is 2. The van der Waals surface area contributed by atoms with E-state index in [2.05, 4.69) is 42.6 Å². The van der Waals surface area contributed by atoms with Crippen molar-refractivity contribution < 1.29 is 19.5 Å². The van der Waals surface area contributed by atoms with Crippen LogP contribution < -0.4 is 16.0 Å². The second-order valence-electron chi connectivity index (χ2n) is 8.38. The van der Waals surface area contributed by atoms with Crippen molar-refractivity contribution in [2.75, 3.05) is 26.0 Å². The third-order valence-electron chi connectivity index (χ3n) is 4.77. The highest BCUT2D eigenvalue weighted by Crippen LogP contribution is 2.31. The fraction of sp³-hybridized carbons (Fsp3) is 0.345. The zero-order chi connectivity index (χ0) is 28.4. The first-order valence-corrected chi connectivity index (χ1v) is 12.0. The Labute approximate surface area is 221 Å². The largest absolute Gasteiger partial charge is 0.505 e. The van der Waals surface area contributed by atoms with Gasteiger partial charge in [0.05, 0.1) is 24.7 Å². The van der Waals surface area contributed by atoms with E-state index in [1.54, 1.807) is 39.2 Å². The maximum absolute atomic E-state index is 12.2. The molecule has 8 heteroatoms. The lowest BCUT2D eigenvalue weighted by Crippen LogP contribution is -2.39. The van der Waals surface area contributed by atoms with E-state index in [1.165, 1.54) is 11.3 Å². The maximum Gasteiger partial charge on any atom is 0.239 e. The second-order valence-corrected chi connectivity index (χ2v) is 8.38. The molecule has 2 amide bonds. The summed E-state index contributed by atoms with van der Waals surface area (Å²) in [6.07, 6.45) is 10.2. The van der Waals surface area contributed by atoms with Gasteiger partial charge >= 0.3 is 0 Å². The van der Waals surface area contributed by atoms with Gasteiger partial charge in [0.15, 0.2) is 5.78 Å². The first-order chi connectivity index (χ1) is 17.6. The molecule has 0 fully saturated rings. The minimum Gasteiger partial charge on any atom is -0.505 e. The number of amides is 2. The third kappa shape index (κ3) is 11.8. The molecule has 0 saturated heterocycles. The topological polar surface area (TPSA) is 111 Å². The number of phenolic OH excluding ortho intramolecular Hbond substituents is 1. The van der Waals surface area contributed by atoms with Crippen LogP contribution in [-0.2, 0) is 14.4 Å². The summed E-state index contributed by atoms with van der Waals surface area (Å²) < 4.78 is 0. The molecule has 4 N–H and O–H groups in total. The van der Waals surface area contributed by atoms with Crippen LogP contribution in [0.3, 0.4) is 0 Å². The Hall–Kier alpha value is -4.25. The summed E-state index contributed by atoms with van der Waals surface area (Å²) >= 11 is 0. The molecule has 0 spiro atoms. The number of allylic oxidation sites excluding steroid dienone is 2. The first kappa shape index (κ1) is 32.8. The predicted octanol–water partition coefficient (Wildman–Crippen LogP) is 4.13. The van der Waals surface area contributed by atoms with E-state index in [-0.39, 0.29) is 36.4 Å². The summed E-state index contributed by atoms with van der Waals surface area (Å²) in [4.78, 5) is 35.0. The van der Waals surface area contributed by atoms with Gasteiger partial charge < -0.3 is 26.0 Å². The number of nitrogens with one attached hydrogen (secondary N) is 3. The number of anilines is 1. The van der Waals surface area contributed by atoms with Gasteiger partial charge in [-0.15, -0.1) is 12.8 Å². The van der Waals surface area contributed by atoms with Gasteiger partial charge in [0.25, 0.3) is 0 Å². The highest BCUT2D eigenvalue weighted by Gasteiger charge is 2.28. The molecule has 0 heterocycles. The van der Waals surface area contributed by atoms with Crippen LogP contribution in [0.4, 0.5) is 5.69 Å². The highest BCUT2D eigenvalue weighted by molar-refractivity contribution is 6.07. The number of aryl methyl sites for hydroxylation is 1. The summed E-state index contributed by atoms with van der Waals surface area (Å²) in [6, 6.07) is 14.9. The predicted molar refractivity (Wildman–Crippen MR) is 150 cm³/mol. The van der Waals surface area contributed by atoms with Crippen molar-refractivity contribution in [3.63, 3.8) is 0 Å². The quantitative estimate of drug-likeness (QED) is 0.242. The minimum atomic E-state index is -0.157. The summed E-state index contributed by atoms with van der Waals surface area (Å²) in [5.41, 5.74) is 3.28. The van der Waals surface area contributed by atoms with Crippen LogP contribution in [0.1, 0.15) is 50.8 Å². The van der Waals surface area contributed by atoms with Gasteiger partial charge in [-0.2, -0.15) is 0 Å². The fourth-order valence-corrected chi connectivity index (χ4v) is 2.89. The zero-order valence-electron chi connectivity index (χ0n) is 22.7. The maximum atomic E-state index is 12.2. The minimum absolute atomic E-state index is 0.0588. The number of nitrogens with zero attached hydrogens (tertiary/aromatic N) is 1. The molecule has 2 aromatic rings. The lowest BCUT2D eigenvalue weighted by atomic mass is 9.98. The summed E-state index contributed by atoms with van der Waals surface area (Å²) in [7, 11) is 3.38. The summed E-state index contributed by atoms with van der Waals surface area (Å²) in [5.74, 6) is -0.106. The van der Waals surface area contributed by atoms with Crippen LogP contribution in [0.2, 0.25) is 0 Å². The van der Waals surface area contributed by atoms with Crippen LogP contribution in [0.5, 0.6) is 5.75 Å². The Bertz CT molecular complexity index is 1050. The molecule has 1 aliphatic rings. The number of ketones is 1. The zero-order valence-corrected chi connectivity index (χ0v) is 22.7. The van der Waals surface area contributed by atoms with Gasteiger partial charge in [-0.1, -0.05) is 62.7 Å². The Morgan fingerprint density at radius 1 is 1.11 bits per heavy atom. The van der Waals surface area contributed by atoms with Crippen molar-refractivity contribution in [3.05, 3.63) is 71.1 Å². The van der Waals surface area contributed by atoms with E-state index in [0.29, 0.717) is 17.1 Å². The average molecular weight is 509 g/mol. The van der Waals surface area contributed by atoms with Gasteiger partial charge in [0, 0.05) is 19.8 Å². The molecule has 2 aromatic carbocycles. The molecule has 0 aliphatic heterocycles. The van der Waals surface area contributed by atoms with Gasteiger partial charge in [-0.3, -0.25) is 14.4 Å². The molecule has 37 heavy (non-hydrogen) atoms. The van der Waals surface area contributed by atoms with Crippen LogP contribution in [0.15, 0.2) is 59.9 Å². The van der Waals surface area contributed by atoms with E-state index in [9.17, 15) is 19.5 Å². The number of hydrogen-bond donors (Lipinski definition) is 4. The third-order valence-corrected chi connectivity index (χ3v) is 4.77. The van der Waals surface area contributed by atoms with E-state index in [0.717, 1.165) is 17.5 Å². The van der Waals surface area contributed by atoms with Gasteiger partial charge in [0.2, 0.25) is 12.3 Å². The Morgan fingerprint density at radius 2 is 1.68 bits per heavy atom. The SMILES string of the molecule is C#C.CCC.CN(C)C=O.Cc1cccc(NC2=C(NCC(=O)NC(C)c3ccccc3)CC2=O)c1O. The van der Waals surface area contributed by atoms with Gasteiger partial charge in [-0.05, 0) is 31.0 Å². The summed E-state index contributed by atoms with van der Waals surface area (Å²) in [5, 5.41) is 19.0. The number of Topliss-reactive ketones (excluding diaryl/α,β-unsaturated/α-hetero) is 1. The molecule has 1 aliphatic carbocycles. The van der Waals surface area contributed by atoms with Crippen molar-refractivity contribution in [2.24, 2.45) is 0 Å². The molecule has 0 aromatic heterocycles. The van der Waals surface area contributed by atoms with E-state index in [4.69, 9.17) is 0 Å². The van der Waals surface area contributed by atoms with Crippen molar-refractivity contribution >= 4 is 23.8 Å². The van der Waals surface area contributed by atoms with Crippen LogP contribution in [0, 0.1) is 19.8 Å². The second kappa shape index (κ2) is 18.1. The van der Waals surface area contributed by atoms with Gasteiger partial charge in [0.1, 0.15) is 11.4 Å². The molecule has 1 atom stereocenters. The number of hydrogen-bond acceptors (Lipinski definition) is 6. The number of aromatic hydroxyl groups is 1. The standard InChI is InChI=1S/C21H23N3O3.C3H7NO.C3H8.C2H2/c1-13-7-6-10-16(21(13)27)24-20-17(11-18(20)25)22-12-19(26)23-14(2)15-8-4-3-5-9-15;1-4(2)3-5;1-3-2;1-2/h3-10,14,22,24,27H,11-12H2,1-2H3,(H,23,26);3H,1-2H3;3H2,1-2H3;1-2H. The van der Waals surface area contributed by atoms with E-state index >= 15 is 0 Å². The number of phenols is 1. The number of terminal acetylenes is 1. The molecule has 8 nitrogen and oxygen atoms in total. The highest BCUT2D eigenvalue weighted by atomic mass is 16.3. The number of carbonyl (C=O) groups excluding carboxylic acids is 3. The fourth-order valence-electron chi connectivity index (χ4n) is 2.89. The molecular formula is C29H40N4O4. The molecule has 200 valence electrons. The monoisotopic (exact) mass is 508 g/mol. The molecule has 0 bridgehead atoms. The lowest BCUT2D eigenvalue weighted by Gasteiger charge is -2.25. The molecular weight excluding hydrogens is 468 g/mol. The van der Waals surface area contributed by atoms with Crippen LogP contribution in [0.25, 0.3) is 0 Å². The smallest absolute Gasteiger partial charge is 0.239 e. The van der Waals surface area contributed by atoms with Crippen molar-refractivity contribution in [3.8, 4) is 18.6 Å². The first-order valence-electron chi connectivity index (χ1n) is 12.0. The molecule has 3 rings (SSSR count). The van der Waals surface area contributed by atoms with Crippen LogP contribution >= 0.6 is 0 Å². The lowest BCUT2D eigenvalue weighted by molar-refractivity contribution is -0.121. The molecule has 0 radical (unpaired) electrons. The van der Waals surface area contributed by atoms with Crippen molar-refractivity contribution in [1.29, 1.82) is 0 Å². The Kier molecular flexibility index (Phi) is 16.0. The van der Waals surface area contributed by atoms with Gasteiger partial charge in [-0.25, -0.2) is 0 Å². The van der Waals surface area contributed by atoms with Crippen molar-refractivity contribution in [1.82, 2.24) is 15.5 Å². The average Bonchev–Trinajstić information content (AvgIpc) is 2.89. The van der Waals surface area contributed by atoms with E-state index in [1.807, 2.05) is 37.3 Å². The molecule has 0 saturated carbocycles. The number of carbonyl (C=O) groups is 3. The van der Waals surface area contributed by atoms with Crippen LogP contribution in [-0.4, -0.2) is 48.7 Å². The number of para-hydroxylation sites is 1. The Balaban J connectivity index is 0.00000112. The number of rotatable bonds is 8.